The van der Waals surface area contributed by atoms with E-state index in [1.807, 2.05) is 0 Å². The van der Waals surface area contributed by atoms with Gasteiger partial charge in [-0.05, 0) is 19.4 Å². The Labute approximate surface area is 95.3 Å². The highest BCUT2D eigenvalue weighted by Gasteiger charge is 2.30. The number of halogens is 3. The van der Waals surface area contributed by atoms with Crippen LogP contribution in [0.5, 0.6) is 0 Å². The lowest BCUT2D eigenvalue weighted by Gasteiger charge is -2.19. The lowest BCUT2D eigenvalue weighted by molar-refractivity contribution is -0.332. The Hall–Kier alpha value is -1.15. The minimum atomic E-state index is -4.68. The summed E-state index contributed by atoms with van der Waals surface area (Å²) in [6.45, 7) is 0.102. The molecule has 0 saturated carbocycles. The van der Waals surface area contributed by atoms with E-state index in [0.29, 0.717) is 5.89 Å². The molecule has 1 saturated heterocycles. The number of nitrogens with zero attached hydrogens (tertiary/aromatic N) is 2. The Balaban J connectivity index is 1.91. The number of rotatable bonds is 3. The fraction of sp³-hybridized carbons (Fsp3) is 0.778. The molecule has 0 bridgehead atoms. The Morgan fingerprint density at radius 1 is 1.35 bits per heavy atom. The molecule has 1 aromatic heterocycles. The smallest absolute Gasteiger partial charge is 0.421 e. The van der Waals surface area contributed by atoms with Crippen LogP contribution in [0.4, 0.5) is 13.2 Å². The molecule has 96 valence electrons. The molecule has 5 nitrogen and oxygen atoms in total. The van der Waals surface area contributed by atoms with Gasteiger partial charge in [0, 0.05) is 0 Å². The summed E-state index contributed by atoms with van der Waals surface area (Å²) in [6.07, 6.45) is -1.72. The number of nitrogens with one attached hydrogen (secondary N) is 1. The number of hydrogen-bond acceptors (Lipinski definition) is 5. The maximum absolute atomic E-state index is 11.8. The van der Waals surface area contributed by atoms with Gasteiger partial charge in [-0.15, -0.1) is 23.4 Å². The van der Waals surface area contributed by atoms with Crippen molar-refractivity contribution in [2.24, 2.45) is 0 Å². The Kier molecular flexibility index (Phi) is 3.63. The van der Waals surface area contributed by atoms with Gasteiger partial charge in [-0.25, -0.2) is 0 Å². The fourth-order valence-electron chi connectivity index (χ4n) is 1.67. The van der Waals surface area contributed by atoms with Crippen LogP contribution in [-0.4, -0.2) is 23.1 Å². The summed E-state index contributed by atoms with van der Waals surface area (Å²) in [4.78, 5) is 0. The van der Waals surface area contributed by atoms with E-state index in [9.17, 15) is 13.2 Å². The summed E-state index contributed by atoms with van der Waals surface area (Å²) < 4.78 is 44.0. The van der Waals surface area contributed by atoms with Crippen LogP contribution in [0.2, 0.25) is 0 Å². The normalized spacial score (nSPS) is 21.7. The van der Waals surface area contributed by atoms with Crippen LogP contribution in [0.15, 0.2) is 4.42 Å². The van der Waals surface area contributed by atoms with E-state index >= 15 is 0 Å². The third-order valence-electron chi connectivity index (χ3n) is 2.45. The number of piperidine rings is 1. The molecule has 1 N–H and O–H groups in total. The molecule has 0 aromatic carbocycles. The van der Waals surface area contributed by atoms with E-state index in [4.69, 9.17) is 4.42 Å². The van der Waals surface area contributed by atoms with Crippen LogP contribution in [0.1, 0.15) is 37.1 Å². The zero-order valence-electron chi connectivity index (χ0n) is 8.96. The van der Waals surface area contributed by atoms with Gasteiger partial charge in [0.1, 0.15) is 6.61 Å². The van der Waals surface area contributed by atoms with Crippen molar-refractivity contribution in [3.8, 4) is 0 Å². The molecule has 1 aliphatic rings. The Morgan fingerprint density at radius 2 is 2.18 bits per heavy atom. The molecule has 0 radical (unpaired) electrons. The van der Waals surface area contributed by atoms with Gasteiger partial charge in [-0.2, -0.15) is 0 Å². The average Bonchev–Trinajstić information content (AvgIpc) is 2.75. The van der Waals surface area contributed by atoms with E-state index in [-0.39, 0.29) is 11.9 Å². The highest BCUT2D eigenvalue weighted by molar-refractivity contribution is 4.91. The van der Waals surface area contributed by atoms with Crippen molar-refractivity contribution in [2.75, 3.05) is 6.54 Å². The van der Waals surface area contributed by atoms with Crippen LogP contribution in [-0.2, 0) is 11.3 Å². The molecule has 0 aliphatic carbocycles. The van der Waals surface area contributed by atoms with E-state index < -0.39 is 13.0 Å². The fourth-order valence-corrected chi connectivity index (χ4v) is 1.67. The van der Waals surface area contributed by atoms with Crippen molar-refractivity contribution in [3.63, 3.8) is 0 Å². The van der Waals surface area contributed by atoms with Crippen LogP contribution < -0.4 is 5.32 Å². The van der Waals surface area contributed by atoms with Crippen molar-refractivity contribution >= 4 is 0 Å². The van der Waals surface area contributed by atoms with Crippen molar-refractivity contribution in [3.05, 3.63) is 11.8 Å². The molecule has 1 atom stereocenters. The maximum atomic E-state index is 11.8. The molecule has 1 aliphatic heterocycles. The highest BCUT2D eigenvalue weighted by atomic mass is 19.4. The lowest BCUT2D eigenvalue weighted by atomic mass is 10.1. The van der Waals surface area contributed by atoms with Crippen molar-refractivity contribution in [1.29, 1.82) is 0 Å². The van der Waals surface area contributed by atoms with Gasteiger partial charge >= 0.3 is 6.36 Å². The summed E-state index contributed by atoms with van der Waals surface area (Å²) in [6, 6.07) is -0.0594. The molecule has 17 heavy (non-hydrogen) atoms. The van der Waals surface area contributed by atoms with E-state index in [1.165, 1.54) is 0 Å². The summed E-state index contributed by atoms with van der Waals surface area (Å²) in [5, 5.41) is 10.4. The average molecular weight is 251 g/mol. The quantitative estimate of drug-likeness (QED) is 0.889. The number of aromatic nitrogens is 2. The third-order valence-corrected chi connectivity index (χ3v) is 2.45. The van der Waals surface area contributed by atoms with Gasteiger partial charge in [0.05, 0.1) is 6.04 Å². The number of alkyl halides is 3. The lowest BCUT2D eigenvalue weighted by Crippen LogP contribution is -2.26. The number of hydrogen-bond donors (Lipinski definition) is 1. The molecule has 0 unspecified atom stereocenters. The highest BCUT2D eigenvalue weighted by Crippen LogP contribution is 2.23. The predicted molar refractivity (Wildman–Crippen MR) is 49.7 cm³/mol. The third kappa shape index (κ3) is 3.67. The molecule has 1 aromatic rings. The van der Waals surface area contributed by atoms with E-state index in [2.05, 4.69) is 20.3 Å². The van der Waals surface area contributed by atoms with Crippen molar-refractivity contribution in [2.45, 2.75) is 38.3 Å². The molecule has 0 amide bonds. The minimum Gasteiger partial charge on any atom is -0.421 e. The molecule has 0 spiro atoms. The van der Waals surface area contributed by atoms with Gasteiger partial charge in [0.25, 0.3) is 0 Å². The first-order valence-electron chi connectivity index (χ1n) is 5.31. The standard InChI is InChI=1S/C9H12F3N3O2/c10-9(11,12)16-5-7-14-15-8(17-7)6-3-1-2-4-13-6/h6,13H,1-5H2/t6-/m1/s1. The largest absolute Gasteiger partial charge is 0.523 e. The van der Waals surface area contributed by atoms with Crippen molar-refractivity contribution in [1.82, 2.24) is 15.5 Å². The van der Waals surface area contributed by atoms with Crippen molar-refractivity contribution < 1.29 is 22.3 Å². The van der Waals surface area contributed by atoms with Crippen LogP contribution >= 0.6 is 0 Å². The first-order chi connectivity index (χ1) is 8.04. The monoisotopic (exact) mass is 251 g/mol. The molecule has 1 fully saturated rings. The van der Waals surface area contributed by atoms with Gasteiger partial charge < -0.3 is 9.73 Å². The second kappa shape index (κ2) is 5.01. The first-order valence-corrected chi connectivity index (χ1v) is 5.31. The van der Waals surface area contributed by atoms with Crippen LogP contribution in [0.25, 0.3) is 0 Å². The Bertz CT molecular complexity index is 361. The summed E-state index contributed by atoms with van der Waals surface area (Å²) in [5.74, 6) is 0.162. The summed E-state index contributed by atoms with van der Waals surface area (Å²) in [7, 11) is 0. The van der Waals surface area contributed by atoms with E-state index in [1.54, 1.807) is 0 Å². The number of ether oxygens (including phenoxy) is 1. The van der Waals surface area contributed by atoms with E-state index in [0.717, 1.165) is 25.8 Å². The maximum Gasteiger partial charge on any atom is 0.523 e. The molecule has 2 rings (SSSR count). The van der Waals surface area contributed by atoms with Gasteiger partial charge in [-0.3, -0.25) is 4.74 Å². The molecule has 2 heterocycles. The topological polar surface area (TPSA) is 60.2 Å². The first kappa shape index (κ1) is 12.3. The second-order valence-corrected chi connectivity index (χ2v) is 3.77. The summed E-state index contributed by atoms with van der Waals surface area (Å²) >= 11 is 0. The van der Waals surface area contributed by atoms with Crippen LogP contribution in [0, 0.1) is 0 Å². The summed E-state index contributed by atoms with van der Waals surface area (Å²) in [5.41, 5.74) is 0. The second-order valence-electron chi connectivity index (χ2n) is 3.77. The van der Waals surface area contributed by atoms with Gasteiger partial charge in [0.15, 0.2) is 0 Å². The predicted octanol–water partition coefficient (Wildman–Crippen LogP) is 1.92. The molecular formula is C9H12F3N3O2. The SMILES string of the molecule is FC(F)(F)OCc1nnc([C@H]2CCCCN2)o1. The zero-order valence-corrected chi connectivity index (χ0v) is 8.96. The Morgan fingerprint density at radius 3 is 2.82 bits per heavy atom. The van der Waals surface area contributed by atoms with Gasteiger partial charge in [-0.1, -0.05) is 6.42 Å². The van der Waals surface area contributed by atoms with Gasteiger partial charge in [0.2, 0.25) is 11.8 Å². The molecule has 8 heteroatoms. The van der Waals surface area contributed by atoms with Crippen LogP contribution in [0.3, 0.4) is 0 Å². The minimum absolute atomic E-state index is 0.0594. The zero-order chi connectivity index (χ0) is 12.3. The molecular weight excluding hydrogens is 239 g/mol.